The van der Waals surface area contributed by atoms with E-state index in [2.05, 4.69) is 9.71 Å². The van der Waals surface area contributed by atoms with Gasteiger partial charge in [-0.05, 0) is 26.0 Å². The Morgan fingerprint density at radius 1 is 1.55 bits per heavy atom. The van der Waals surface area contributed by atoms with Crippen molar-refractivity contribution in [2.24, 2.45) is 7.05 Å². The number of nitrogens with zero attached hydrogens (tertiary/aromatic N) is 2. The van der Waals surface area contributed by atoms with Crippen LogP contribution in [0.5, 0.6) is 0 Å². The first kappa shape index (κ1) is 14.8. The highest BCUT2D eigenvalue weighted by atomic mass is 32.2. The Kier molecular flexibility index (Phi) is 3.72. The number of aromatic nitrogens is 2. The third-order valence-electron chi connectivity index (χ3n) is 3.02. The zero-order chi connectivity index (χ0) is 15.0. The Morgan fingerprint density at radius 2 is 2.25 bits per heavy atom. The number of aliphatic hydroxyl groups is 1. The zero-order valence-electron chi connectivity index (χ0n) is 11.5. The number of imidazole rings is 1. The molecule has 0 saturated carbocycles. The maximum Gasteiger partial charge on any atom is 0.259 e. The smallest absolute Gasteiger partial charge is 0.259 e. The van der Waals surface area contributed by atoms with E-state index in [0.717, 1.165) is 0 Å². The Bertz CT molecular complexity index is 667. The Hall–Kier alpha value is -1.64. The molecule has 0 bridgehead atoms. The maximum absolute atomic E-state index is 12.1. The summed E-state index contributed by atoms with van der Waals surface area (Å²) >= 11 is 0. The van der Waals surface area contributed by atoms with Gasteiger partial charge in [-0.25, -0.2) is 18.1 Å². The van der Waals surface area contributed by atoms with Gasteiger partial charge in [-0.3, -0.25) is 0 Å². The quantitative estimate of drug-likeness (QED) is 0.838. The fourth-order valence-electron chi connectivity index (χ4n) is 1.64. The average Bonchev–Trinajstić information content (AvgIpc) is 2.99. The Morgan fingerprint density at radius 3 is 2.75 bits per heavy atom. The van der Waals surface area contributed by atoms with Gasteiger partial charge in [0.1, 0.15) is 17.2 Å². The van der Waals surface area contributed by atoms with Crippen molar-refractivity contribution in [3.8, 4) is 0 Å². The molecular formula is C12H17N3O4S. The molecule has 2 rings (SSSR count). The predicted molar refractivity (Wildman–Crippen MR) is 71.4 cm³/mol. The number of nitrogens with one attached hydrogen (secondary N) is 1. The second-order valence-electron chi connectivity index (χ2n) is 4.81. The number of furan rings is 1. The van der Waals surface area contributed by atoms with Crippen molar-refractivity contribution < 1.29 is 17.9 Å². The summed E-state index contributed by atoms with van der Waals surface area (Å²) in [7, 11) is -2.06. The van der Waals surface area contributed by atoms with Gasteiger partial charge in [0.25, 0.3) is 10.0 Å². The van der Waals surface area contributed by atoms with Gasteiger partial charge in [0.05, 0.1) is 6.26 Å². The van der Waals surface area contributed by atoms with Crippen LogP contribution in [0.4, 0.5) is 0 Å². The van der Waals surface area contributed by atoms with Crippen LogP contribution in [0, 0.1) is 6.92 Å². The molecule has 7 nitrogen and oxygen atoms in total. The summed E-state index contributed by atoms with van der Waals surface area (Å²) in [6.45, 7) is 2.97. The number of aryl methyl sites for hydroxylation is 2. The standard InChI is InChI=1S/C12H17N3O4S/c1-9-14-11(7-15(9)3)20(17,18)13-8-12(2,16)10-5-4-6-19-10/h4-7,13,16H,8H2,1-3H3/t12-/m0/s1. The molecule has 0 spiro atoms. The molecule has 0 amide bonds. The third-order valence-corrected chi connectivity index (χ3v) is 4.29. The summed E-state index contributed by atoms with van der Waals surface area (Å²) in [6.07, 6.45) is 2.83. The summed E-state index contributed by atoms with van der Waals surface area (Å²) in [5, 5.41) is 10.1. The monoisotopic (exact) mass is 299 g/mol. The lowest BCUT2D eigenvalue weighted by Gasteiger charge is -2.20. The molecule has 2 aromatic rings. The first-order valence-corrected chi connectivity index (χ1v) is 7.47. The first-order chi connectivity index (χ1) is 9.22. The van der Waals surface area contributed by atoms with Gasteiger partial charge in [-0.1, -0.05) is 0 Å². The van der Waals surface area contributed by atoms with E-state index in [1.807, 2.05) is 0 Å². The zero-order valence-corrected chi connectivity index (χ0v) is 12.3. The normalized spacial score (nSPS) is 15.2. The van der Waals surface area contributed by atoms with Gasteiger partial charge in [0.2, 0.25) is 0 Å². The van der Waals surface area contributed by atoms with E-state index in [0.29, 0.717) is 5.82 Å². The van der Waals surface area contributed by atoms with Crippen LogP contribution in [0.3, 0.4) is 0 Å². The summed E-state index contributed by atoms with van der Waals surface area (Å²) in [6, 6.07) is 3.21. The highest BCUT2D eigenvalue weighted by Gasteiger charge is 2.29. The summed E-state index contributed by atoms with van der Waals surface area (Å²) in [5.41, 5.74) is -1.43. The van der Waals surface area contributed by atoms with Gasteiger partial charge >= 0.3 is 0 Å². The van der Waals surface area contributed by atoms with E-state index in [9.17, 15) is 13.5 Å². The fourth-order valence-corrected chi connectivity index (χ4v) is 2.81. The molecule has 20 heavy (non-hydrogen) atoms. The van der Waals surface area contributed by atoms with E-state index < -0.39 is 15.6 Å². The molecule has 0 aromatic carbocycles. The lowest BCUT2D eigenvalue weighted by atomic mass is 10.1. The minimum absolute atomic E-state index is 0.0762. The molecule has 0 aliphatic rings. The molecule has 0 aliphatic heterocycles. The van der Waals surface area contributed by atoms with Gasteiger partial charge in [0.15, 0.2) is 5.03 Å². The molecule has 0 aliphatic carbocycles. The van der Waals surface area contributed by atoms with E-state index in [4.69, 9.17) is 4.42 Å². The predicted octanol–water partition coefficient (Wildman–Crippen LogP) is 0.508. The molecule has 110 valence electrons. The van der Waals surface area contributed by atoms with Crippen molar-refractivity contribution in [1.82, 2.24) is 14.3 Å². The van der Waals surface area contributed by atoms with Crippen LogP contribution in [-0.4, -0.2) is 29.6 Å². The summed E-state index contributed by atoms with van der Waals surface area (Å²) in [5.74, 6) is 0.876. The molecule has 8 heteroatoms. The van der Waals surface area contributed by atoms with Crippen LogP contribution in [0.15, 0.2) is 34.0 Å². The SMILES string of the molecule is Cc1nc(S(=O)(=O)NC[C@](C)(O)c2ccco2)cn1C. The Balaban J connectivity index is 2.14. The van der Waals surface area contributed by atoms with Crippen molar-refractivity contribution in [3.63, 3.8) is 0 Å². The topological polar surface area (TPSA) is 97.4 Å². The van der Waals surface area contributed by atoms with Crippen LogP contribution >= 0.6 is 0 Å². The summed E-state index contributed by atoms with van der Waals surface area (Å²) in [4.78, 5) is 3.95. The molecule has 2 aromatic heterocycles. The highest BCUT2D eigenvalue weighted by molar-refractivity contribution is 7.89. The van der Waals surface area contributed by atoms with E-state index in [1.165, 1.54) is 19.4 Å². The molecule has 0 fully saturated rings. The minimum Gasteiger partial charge on any atom is -0.466 e. The van der Waals surface area contributed by atoms with Crippen molar-refractivity contribution >= 4 is 10.0 Å². The maximum atomic E-state index is 12.1. The largest absolute Gasteiger partial charge is 0.466 e. The van der Waals surface area contributed by atoms with Crippen LogP contribution < -0.4 is 4.72 Å². The fraction of sp³-hybridized carbons (Fsp3) is 0.417. The number of rotatable bonds is 5. The Labute approximate surface area is 117 Å². The number of hydrogen-bond donors (Lipinski definition) is 2. The van der Waals surface area contributed by atoms with E-state index in [1.54, 1.807) is 30.7 Å². The molecule has 0 saturated heterocycles. The van der Waals surface area contributed by atoms with Crippen molar-refractivity contribution in [3.05, 3.63) is 36.2 Å². The van der Waals surface area contributed by atoms with Gasteiger partial charge < -0.3 is 14.1 Å². The van der Waals surface area contributed by atoms with Crippen LogP contribution in [0.1, 0.15) is 18.5 Å². The highest BCUT2D eigenvalue weighted by Crippen LogP contribution is 2.20. The lowest BCUT2D eigenvalue weighted by Crippen LogP contribution is -2.38. The van der Waals surface area contributed by atoms with Crippen molar-refractivity contribution in [2.75, 3.05) is 6.54 Å². The molecular weight excluding hydrogens is 282 g/mol. The average molecular weight is 299 g/mol. The van der Waals surface area contributed by atoms with Crippen molar-refractivity contribution in [1.29, 1.82) is 0 Å². The second kappa shape index (κ2) is 5.04. The molecule has 2 N–H and O–H groups in total. The van der Waals surface area contributed by atoms with Crippen LogP contribution in [-0.2, 0) is 22.7 Å². The molecule has 2 heterocycles. The van der Waals surface area contributed by atoms with Crippen LogP contribution in [0.25, 0.3) is 0 Å². The minimum atomic E-state index is -3.77. The van der Waals surface area contributed by atoms with E-state index >= 15 is 0 Å². The first-order valence-electron chi connectivity index (χ1n) is 5.98. The third kappa shape index (κ3) is 2.92. The van der Waals surface area contributed by atoms with Gasteiger partial charge in [-0.15, -0.1) is 0 Å². The molecule has 0 unspecified atom stereocenters. The van der Waals surface area contributed by atoms with Crippen molar-refractivity contribution in [2.45, 2.75) is 24.5 Å². The number of sulfonamides is 1. The molecule has 1 atom stereocenters. The summed E-state index contributed by atoms with van der Waals surface area (Å²) < 4.78 is 33.2. The van der Waals surface area contributed by atoms with E-state index in [-0.39, 0.29) is 17.3 Å². The van der Waals surface area contributed by atoms with Crippen LogP contribution in [0.2, 0.25) is 0 Å². The molecule has 0 radical (unpaired) electrons. The second-order valence-corrected chi connectivity index (χ2v) is 6.53. The van der Waals surface area contributed by atoms with Gasteiger partial charge in [0, 0.05) is 19.8 Å². The number of hydrogen-bond acceptors (Lipinski definition) is 5. The van der Waals surface area contributed by atoms with Gasteiger partial charge in [-0.2, -0.15) is 0 Å². The lowest BCUT2D eigenvalue weighted by molar-refractivity contribution is 0.0395.